The highest BCUT2D eigenvalue weighted by atomic mass is 15.1. The zero-order valence-corrected chi connectivity index (χ0v) is 49.9. The lowest BCUT2D eigenvalue weighted by Crippen LogP contribution is -2.17. The summed E-state index contributed by atoms with van der Waals surface area (Å²) >= 11 is 0. The molecule has 410 valence electrons. The molecule has 0 aliphatic carbocycles. The number of hydrogen-bond acceptors (Lipinski definition) is 5. The summed E-state index contributed by atoms with van der Waals surface area (Å²) in [6.07, 6.45) is 0. The summed E-state index contributed by atoms with van der Waals surface area (Å²) in [5.41, 5.74) is 17.8. The summed E-state index contributed by atoms with van der Waals surface area (Å²) in [5, 5.41) is 24.1. The molecule has 0 saturated heterocycles. The van der Waals surface area contributed by atoms with Crippen LogP contribution in [0.15, 0.2) is 182 Å². The van der Waals surface area contributed by atoms with E-state index >= 15 is 0 Å². The van der Waals surface area contributed by atoms with Crippen LogP contribution < -0.4 is 0 Å². The average Bonchev–Trinajstić information content (AvgIpc) is 2.33. The molecule has 84 heavy (non-hydrogen) atoms. The lowest BCUT2D eigenvalue weighted by molar-refractivity contribution is 0.568. The number of nitriles is 2. The van der Waals surface area contributed by atoms with E-state index < -0.39 is 0 Å². The third-order valence-electron chi connectivity index (χ3n) is 16.4. The molecule has 3 aromatic heterocycles. The average molecular weight is 1090 g/mol. The zero-order valence-electron chi connectivity index (χ0n) is 49.9. The second kappa shape index (κ2) is 20.2. The molecule has 0 spiro atoms. The van der Waals surface area contributed by atoms with Crippen LogP contribution in [-0.2, 0) is 21.7 Å². The fraction of sp³-hybridized carbons (Fsp3) is 0.211. The molecule has 8 nitrogen and oxygen atoms in total. The van der Waals surface area contributed by atoms with Crippen LogP contribution in [-0.4, -0.2) is 24.1 Å². The molecule has 0 bridgehead atoms. The van der Waals surface area contributed by atoms with Gasteiger partial charge in [-0.25, -0.2) is 19.8 Å². The molecule has 0 radical (unpaired) electrons. The maximum absolute atomic E-state index is 10.3. The normalized spacial score (nSPS) is 12.2. The third kappa shape index (κ3) is 9.86. The third-order valence-corrected chi connectivity index (χ3v) is 16.4. The van der Waals surface area contributed by atoms with Gasteiger partial charge in [0.15, 0.2) is 23.2 Å². The number of hydrogen-bond donors (Lipinski definition) is 0. The van der Waals surface area contributed by atoms with Crippen molar-refractivity contribution in [3.63, 3.8) is 0 Å². The lowest BCUT2D eigenvalue weighted by Gasteiger charge is -2.26. The SMILES string of the molecule is [C-]#[N+]c1ccc2c(c1)c1ccccc1n2-c1ccc(-c2ccc(C#N)cc2)cc1-c1ccc(-n2c3ccccc3c3cc(C#N)ccc32)c(-c2nc(-c3cc(C(C)(C)C)cc(C(C)(C)C)c3)nc(-c3cc(C(C)(C)C)cc(C(C)(C)C)c3)n2)c1. The van der Waals surface area contributed by atoms with E-state index in [2.05, 4.69) is 237 Å². The number of rotatable bonds is 7. The van der Waals surface area contributed by atoms with Gasteiger partial charge < -0.3 is 9.13 Å². The molecule has 9 aromatic carbocycles. The molecule has 0 amide bonds. The van der Waals surface area contributed by atoms with E-state index in [1.54, 1.807) is 0 Å². The van der Waals surface area contributed by atoms with Gasteiger partial charge in [0.2, 0.25) is 0 Å². The van der Waals surface area contributed by atoms with Crippen molar-refractivity contribution in [2.75, 3.05) is 0 Å². The molecule has 3 heterocycles. The minimum Gasteiger partial charge on any atom is -0.309 e. The van der Waals surface area contributed by atoms with Crippen molar-refractivity contribution in [3.05, 3.63) is 227 Å². The van der Waals surface area contributed by atoms with Crippen LogP contribution in [0.25, 0.3) is 116 Å². The summed E-state index contributed by atoms with van der Waals surface area (Å²) in [6, 6.07) is 68.0. The van der Waals surface area contributed by atoms with Crippen LogP contribution >= 0.6 is 0 Å². The molecule has 0 fully saturated rings. The summed E-state index contributed by atoms with van der Waals surface area (Å²) in [7, 11) is 0. The Hall–Kier alpha value is -9.94. The Kier molecular flexibility index (Phi) is 13.1. The minimum atomic E-state index is -0.180. The van der Waals surface area contributed by atoms with Gasteiger partial charge in [-0.2, -0.15) is 10.5 Å². The quantitative estimate of drug-likeness (QED) is 0.148. The Morgan fingerprint density at radius 3 is 1.25 bits per heavy atom. The van der Waals surface area contributed by atoms with E-state index in [4.69, 9.17) is 21.5 Å². The molecule has 0 N–H and O–H groups in total. The summed E-state index contributed by atoms with van der Waals surface area (Å²) in [4.78, 5) is 20.8. The predicted octanol–water partition coefficient (Wildman–Crippen LogP) is 19.9. The van der Waals surface area contributed by atoms with Gasteiger partial charge >= 0.3 is 0 Å². The highest BCUT2D eigenvalue weighted by molar-refractivity contribution is 6.12. The molecule has 0 unspecified atom stereocenters. The first kappa shape index (κ1) is 54.6. The van der Waals surface area contributed by atoms with Crippen molar-refractivity contribution >= 4 is 49.3 Å². The first-order valence-electron chi connectivity index (χ1n) is 28.7. The topological polar surface area (TPSA) is 100 Å². The standard InChI is InChI=1S/C76H66N8/c1-73(2,3)53-35-51(36-54(41-53)74(4,5)6)70-80-71(52-37-55(75(7,8)9)42-56(38-52)76(10,11)12)82-72(81-70)63-40-50(28-32-69(63)84-64-20-16-14-18-58(64)61-34-47(45-78)24-30-67(61)84)60-39-49(48-25-22-46(44-77)23-26-48)27-31-66(60)83-65-21-17-15-19-59(65)62-43-57(79-13)29-33-68(62)83/h14-43H,1-12H3. The number of fused-ring (bicyclic) bond motifs is 6. The summed E-state index contributed by atoms with van der Waals surface area (Å²) in [6.45, 7) is 35.1. The van der Waals surface area contributed by atoms with Crippen molar-refractivity contribution in [2.45, 2.75) is 105 Å². The van der Waals surface area contributed by atoms with Crippen molar-refractivity contribution in [2.24, 2.45) is 0 Å². The zero-order chi connectivity index (χ0) is 59.2. The van der Waals surface area contributed by atoms with Crippen LogP contribution in [0.1, 0.15) is 116 Å². The van der Waals surface area contributed by atoms with Gasteiger partial charge in [-0.3, -0.25) is 0 Å². The van der Waals surface area contributed by atoms with E-state index in [1.165, 1.54) is 22.3 Å². The lowest BCUT2D eigenvalue weighted by atomic mass is 9.79. The van der Waals surface area contributed by atoms with E-state index in [-0.39, 0.29) is 21.7 Å². The van der Waals surface area contributed by atoms with E-state index in [1.807, 2.05) is 54.6 Å². The largest absolute Gasteiger partial charge is 0.309 e. The van der Waals surface area contributed by atoms with Crippen LogP contribution in [0.4, 0.5) is 5.69 Å². The molecule has 12 rings (SSSR count). The fourth-order valence-corrected chi connectivity index (χ4v) is 11.5. The van der Waals surface area contributed by atoms with E-state index in [0.717, 1.165) is 93.9 Å². The van der Waals surface area contributed by atoms with E-state index in [9.17, 15) is 10.5 Å². The number of benzene rings is 9. The van der Waals surface area contributed by atoms with Gasteiger partial charge in [0, 0.05) is 38.4 Å². The van der Waals surface area contributed by atoms with Gasteiger partial charge in [0.05, 0.1) is 63.3 Å². The van der Waals surface area contributed by atoms with Gasteiger partial charge in [-0.1, -0.05) is 162 Å². The smallest absolute Gasteiger partial charge is 0.188 e. The van der Waals surface area contributed by atoms with Gasteiger partial charge in [0.1, 0.15) is 0 Å². The number of aromatic nitrogens is 5. The van der Waals surface area contributed by atoms with Crippen molar-refractivity contribution in [1.29, 1.82) is 10.5 Å². The van der Waals surface area contributed by atoms with Crippen LogP contribution in [0.5, 0.6) is 0 Å². The first-order valence-corrected chi connectivity index (χ1v) is 28.7. The predicted molar refractivity (Wildman–Crippen MR) is 346 cm³/mol. The van der Waals surface area contributed by atoms with Gasteiger partial charge in [0.25, 0.3) is 0 Å². The monoisotopic (exact) mass is 1090 g/mol. The highest BCUT2D eigenvalue weighted by Gasteiger charge is 2.28. The molecular formula is C76H66N8. The molecular weight excluding hydrogens is 1020 g/mol. The molecule has 0 aliphatic rings. The summed E-state index contributed by atoms with van der Waals surface area (Å²) < 4.78 is 4.60. The molecule has 0 aliphatic heterocycles. The van der Waals surface area contributed by atoms with Crippen molar-refractivity contribution < 1.29 is 0 Å². The Bertz CT molecular complexity index is 4630. The van der Waals surface area contributed by atoms with Crippen LogP contribution in [0, 0.1) is 29.2 Å². The number of para-hydroxylation sites is 2. The van der Waals surface area contributed by atoms with Gasteiger partial charge in [-0.05, 0) is 169 Å². The Labute approximate surface area is 492 Å². The Balaban J connectivity index is 1.23. The maximum atomic E-state index is 10.3. The maximum Gasteiger partial charge on any atom is 0.188 e. The van der Waals surface area contributed by atoms with Crippen LogP contribution in [0.3, 0.4) is 0 Å². The van der Waals surface area contributed by atoms with E-state index in [0.29, 0.717) is 34.3 Å². The summed E-state index contributed by atoms with van der Waals surface area (Å²) in [5.74, 6) is 1.63. The second-order valence-corrected chi connectivity index (χ2v) is 26.4. The highest BCUT2D eigenvalue weighted by Crippen LogP contribution is 2.44. The Morgan fingerprint density at radius 2 is 0.762 bits per heavy atom. The van der Waals surface area contributed by atoms with Crippen LogP contribution in [0.2, 0.25) is 0 Å². The van der Waals surface area contributed by atoms with Crippen molar-refractivity contribution in [1.82, 2.24) is 24.1 Å². The fourth-order valence-electron chi connectivity index (χ4n) is 11.5. The molecule has 0 saturated carbocycles. The van der Waals surface area contributed by atoms with Crippen molar-refractivity contribution in [3.8, 4) is 79.9 Å². The second-order valence-electron chi connectivity index (χ2n) is 26.4. The molecule has 0 atom stereocenters. The molecule has 8 heteroatoms. The molecule has 12 aromatic rings. The number of nitrogens with zero attached hydrogens (tertiary/aromatic N) is 8. The minimum absolute atomic E-state index is 0.180. The Morgan fingerprint density at radius 1 is 0.357 bits per heavy atom. The first-order chi connectivity index (χ1) is 40.0. The van der Waals surface area contributed by atoms with Gasteiger partial charge in [-0.15, -0.1) is 0 Å².